The summed E-state index contributed by atoms with van der Waals surface area (Å²) in [6.45, 7) is 4.25. The first-order chi connectivity index (χ1) is 7.65. The number of nitrogens with one attached hydrogen (secondary N) is 1. The van der Waals surface area contributed by atoms with E-state index in [4.69, 9.17) is 0 Å². The number of carbonyl (C=O) groups is 1. The second-order valence-electron chi connectivity index (χ2n) is 3.90. The van der Waals surface area contributed by atoms with Gasteiger partial charge in [-0.25, -0.2) is 0 Å². The lowest BCUT2D eigenvalue weighted by molar-refractivity contribution is 0.0850. The molecular weight excluding hydrogens is 204 g/mol. The maximum atomic E-state index is 11.6. The minimum absolute atomic E-state index is 0.189. The second-order valence-corrected chi connectivity index (χ2v) is 3.90. The first kappa shape index (κ1) is 12.6. The summed E-state index contributed by atoms with van der Waals surface area (Å²) in [7, 11) is 0. The highest BCUT2D eigenvalue weighted by Gasteiger charge is 2.13. The van der Waals surface area contributed by atoms with Gasteiger partial charge in [0.2, 0.25) is 0 Å². The molecule has 0 aliphatic rings. The van der Waals surface area contributed by atoms with Gasteiger partial charge in [-0.15, -0.1) is 0 Å². The zero-order valence-corrected chi connectivity index (χ0v) is 9.68. The van der Waals surface area contributed by atoms with Crippen LogP contribution in [-0.2, 0) is 0 Å². The fourth-order valence-corrected chi connectivity index (χ4v) is 1.27. The molecule has 0 bridgehead atoms. The third-order valence-corrected chi connectivity index (χ3v) is 2.70. The Kier molecular flexibility index (Phi) is 4.92. The summed E-state index contributed by atoms with van der Waals surface area (Å²) in [5.41, 5.74) is 0.513. The van der Waals surface area contributed by atoms with Gasteiger partial charge in [0.1, 0.15) is 0 Å². The summed E-state index contributed by atoms with van der Waals surface area (Å²) in [6, 6.07) is 3.40. The van der Waals surface area contributed by atoms with Crippen molar-refractivity contribution in [1.29, 1.82) is 0 Å². The molecule has 0 aliphatic heterocycles. The highest BCUT2D eigenvalue weighted by atomic mass is 16.3. The van der Waals surface area contributed by atoms with Crippen LogP contribution in [-0.4, -0.2) is 28.6 Å². The molecule has 0 spiro atoms. The third-order valence-electron chi connectivity index (χ3n) is 2.70. The Bertz CT molecular complexity index is 327. The van der Waals surface area contributed by atoms with Crippen LogP contribution in [0.1, 0.15) is 30.6 Å². The Morgan fingerprint density at radius 2 is 2.38 bits per heavy atom. The minimum atomic E-state index is -0.495. The van der Waals surface area contributed by atoms with Gasteiger partial charge in [0.25, 0.3) is 5.91 Å². The van der Waals surface area contributed by atoms with E-state index >= 15 is 0 Å². The monoisotopic (exact) mass is 222 g/mol. The maximum Gasteiger partial charge on any atom is 0.252 e. The number of hydrogen-bond acceptors (Lipinski definition) is 3. The van der Waals surface area contributed by atoms with Gasteiger partial charge < -0.3 is 10.4 Å². The molecule has 2 atom stereocenters. The number of hydrogen-bond donors (Lipinski definition) is 2. The highest BCUT2D eigenvalue weighted by Crippen LogP contribution is 2.06. The lowest BCUT2D eigenvalue weighted by Crippen LogP contribution is -2.35. The number of aliphatic hydroxyl groups is 1. The van der Waals surface area contributed by atoms with Crippen molar-refractivity contribution in [3.05, 3.63) is 30.1 Å². The SMILES string of the molecule is CCC(C)C(O)CNC(=O)c1cccnc1. The van der Waals surface area contributed by atoms with Crippen molar-refractivity contribution >= 4 is 5.91 Å². The Morgan fingerprint density at radius 1 is 1.62 bits per heavy atom. The first-order valence-electron chi connectivity index (χ1n) is 5.51. The number of pyridine rings is 1. The molecule has 1 aromatic heterocycles. The topological polar surface area (TPSA) is 62.2 Å². The van der Waals surface area contributed by atoms with Crippen LogP contribution in [0.5, 0.6) is 0 Å². The van der Waals surface area contributed by atoms with Gasteiger partial charge in [-0.1, -0.05) is 20.3 Å². The van der Waals surface area contributed by atoms with Crippen molar-refractivity contribution in [3.8, 4) is 0 Å². The summed E-state index contributed by atoms with van der Waals surface area (Å²) < 4.78 is 0. The first-order valence-corrected chi connectivity index (χ1v) is 5.51. The molecule has 1 amide bonds. The number of nitrogens with zero attached hydrogens (tertiary/aromatic N) is 1. The largest absolute Gasteiger partial charge is 0.391 e. The van der Waals surface area contributed by atoms with E-state index in [1.54, 1.807) is 18.3 Å². The smallest absolute Gasteiger partial charge is 0.252 e. The van der Waals surface area contributed by atoms with Crippen LogP contribution in [0.25, 0.3) is 0 Å². The van der Waals surface area contributed by atoms with Crippen molar-refractivity contribution in [2.45, 2.75) is 26.4 Å². The standard InChI is InChI=1S/C12H18N2O2/c1-3-9(2)11(15)8-14-12(16)10-5-4-6-13-7-10/h4-7,9,11,15H,3,8H2,1-2H3,(H,14,16). The van der Waals surface area contributed by atoms with E-state index in [0.29, 0.717) is 5.56 Å². The Balaban J connectivity index is 2.42. The van der Waals surface area contributed by atoms with Crippen LogP contribution < -0.4 is 5.32 Å². The summed E-state index contributed by atoms with van der Waals surface area (Å²) in [5, 5.41) is 12.4. The summed E-state index contributed by atoms with van der Waals surface area (Å²) in [6.07, 6.45) is 3.52. The zero-order chi connectivity index (χ0) is 12.0. The molecule has 16 heavy (non-hydrogen) atoms. The molecule has 4 heteroatoms. The number of carbonyl (C=O) groups excluding carboxylic acids is 1. The predicted molar refractivity (Wildman–Crippen MR) is 62.0 cm³/mol. The number of aromatic nitrogens is 1. The molecule has 0 saturated carbocycles. The van der Waals surface area contributed by atoms with Gasteiger partial charge in [-0.3, -0.25) is 9.78 Å². The average molecular weight is 222 g/mol. The number of amides is 1. The Morgan fingerprint density at radius 3 is 2.94 bits per heavy atom. The molecule has 1 heterocycles. The van der Waals surface area contributed by atoms with Crippen LogP contribution in [0.3, 0.4) is 0 Å². The molecule has 0 radical (unpaired) electrons. The van der Waals surface area contributed by atoms with Crippen molar-refractivity contribution in [2.75, 3.05) is 6.54 Å². The molecule has 0 fully saturated rings. The molecule has 0 aliphatic carbocycles. The Labute approximate surface area is 95.7 Å². The molecule has 2 N–H and O–H groups in total. The van der Waals surface area contributed by atoms with Gasteiger partial charge in [-0.2, -0.15) is 0 Å². The van der Waals surface area contributed by atoms with Crippen molar-refractivity contribution in [1.82, 2.24) is 10.3 Å². The zero-order valence-electron chi connectivity index (χ0n) is 9.68. The van der Waals surface area contributed by atoms with E-state index in [0.717, 1.165) is 6.42 Å². The molecular formula is C12H18N2O2. The van der Waals surface area contributed by atoms with Gasteiger partial charge in [0.05, 0.1) is 11.7 Å². The normalized spacial score (nSPS) is 14.2. The quantitative estimate of drug-likeness (QED) is 0.787. The highest BCUT2D eigenvalue weighted by molar-refractivity contribution is 5.93. The minimum Gasteiger partial charge on any atom is -0.391 e. The van der Waals surface area contributed by atoms with E-state index < -0.39 is 6.10 Å². The van der Waals surface area contributed by atoms with E-state index in [1.165, 1.54) is 6.20 Å². The average Bonchev–Trinajstić information content (AvgIpc) is 2.35. The fraction of sp³-hybridized carbons (Fsp3) is 0.500. The number of rotatable bonds is 5. The van der Waals surface area contributed by atoms with Crippen molar-refractivity contribution in [3.63, 3.8) is 0 Å². The molecule has 1 rings (SSSR count). The summed E-state index contributed by atoms with van der Waals surface area (Å²) in [5.74, 6) is -0.00958. The van der Waals surface area contributed by atoms with E-state index in [9.17, 15) is 9.90 Å². The van der Waals surface area contributed by atoms with Crippen molar-refractivity contribution in [2.24, 2.45) is 5.92 Å². The van der Waals surface area contributed by atoms with Crippen LogP contribution in [0.15, 0.2) is 24.5 Å². The fourth-order valence-electron chi connectivity index (χ4n) is 1.27. The lowest BCUT2D eigenvalue weighted by Gasteiger charge is -2.17. The van der Waals surface area contributed by atoms with Crippen LogP contribution in [0.4, 0.5) is 0 Å². The van der Waals surface area contributed by atoms with Gasteiger partial charge >= 0.3 is 0 Å². The summed E-state index contributed by atoms with van der Waals surface area (Å²) >= 11 is 0. The van der Waals surface area contributed by atoms with Crippen LogP contribution in [0.2, 0.25) is 0 Å². The lowest BCUT2D eigenvalue weighted by atomic mass is 10.0. The second kappa shape index (κ2) is 6.23. The molecule has 88 valence electrons. The molecule has 0 aromatic carbocycles. The molecule has 0 saturated heterocycles. The van der Waals surface area contributed by atoms with Crippen molar-refractivity contribution < 1.29 is 9.90 Å². The predicted octanol–water partition coefficient (Wildman–Crippen LogP) is 1.22. The van der Waals surface area contributed by atoms with Crippen LogP contribution in [0, 0.1) is 5.92 Å². The summed E-state index contributed by atoms with van der Waals surface area (Å²) in [4.78, 5) is 15.5. The third kappa shape index (κ3) is 3.62. The van der Waals surface area contributed by atoms with Gasteiger partial charge in [0, 0.05) is 18.9 Å². The van der Waals surface area contributed by atoms with E-state index in [2.05, 4.69) is 10.3 Å². The van der Waals surface area contributed by atoms with E-state index in [1.807, 2.05) is 13.8 Å². The van der Waals surface area contributed by atoms with Gasteiger partial charge in [-0.05, 0) is 18.1 Å². The maximum absolute atomic E-state index is 11.6. The Hall–Kier alpha value is -1.42. The van der Waals surface area contributed by atoms with Gasteiger partial charge in [0.15, 0.2) is 0 Å². The van der Waals surface area contributed by atoms with E-state index in [-0.39, 0.29) is 18.4 Å². The molecule has 4 nitrogen and oxygen atoms in total. The number of aliphatic hydroxyl groups excluding tert-OH is 1. The molecule has 2 unspecified atom stereocenters. The van der Waals surface area contributed by atoms with Crippen LogP contribution >= 0.6 is 0 Å². The molecule has 1 aromatic rings.